The molecule has 1 aliphatic rings. The second-order valence-corrected chi connectivity index (χ2v) is 9.84. The Morgan fingerprint density at radius 1 is 1.05 bits per heavy atom. The zero-order valence-electron chi connectivity index (χ0n) is 21.1. The van der Waals surface area contributed by atoms with Crippen LogP contribution in [0.3, 0.4) is 0 Å². The third-order valence-corrected chi connectivity index (χ3v) is 7.10. The van der Waals surface area contributed by atoms with E-state index in [9.17, 15) is 18.4 Å². The number of piperidine rings is 1. The summed E-state index contributed by atoms with van der Waals surface area (Å²) in [6.45, 7) is 4.59. The van der Waals surface area contributed by atoms with E-state index < -0.39 is 23.6 Å². The average Bonchev–Trinajstić information content (AvgIpc) is 2.87. The zero-order chi connectivity index (χ0) is 26.5. The molecule has 2 heterocycles. The fourth-order valence-corrected chi connectivity index (χ4v) is 4.98. The monoisotopic (exact) mass is 509 g/mol. The zero-order valence-corrected chi connectivity index (χ0v) is 21.1. The number of anilines is 1. The molecule has 1 aliphatic heterocycles. The number of likely N-dealkylation sites (tertiary alicyclic amines) is 1. The number of fused-ring (bicyclic) bond motifs is 1. The summed E-state index contributed by atoms with van der Waals surface area (Å²) in [4.78, 5) is 32.4. The number of rotatable bonds is 8. The molecule has 4 N–H and O–H groups in total. The van der Waals surface area contributed by atoms with Crippen molar-refractivity contribution in [3.63, 3.8) is 0 Å². The Hall–Kier alpha value is -3.59. The van der Waals surface area contributed by atoms with Gasteiger partial charge < -0.3 is 16.4 Å². The van der Waals surface area contributed by atoms with Crippen LogP contribution in [-0.4, -0.2) is 46.4 Å². The van der Waals surface area contributed by atoms with Gasteiger partial charge in [0.1, 0.15) is 11.9 Å². The molecule has 1 aromatic heterocycles. The van der Waals surface area contributed by atoms with Gasteiger partial charge in [-0.15, -0.1) is 0 Å². The summed E-state index contributed by atoms with van der Waals surface area (Å²) >= 11 is 0. The number of amides is 2. The molecule has 9 heteroatoms. The number of benzene rings is 2. The summed E-state index contributed by atoms with van der Waals surface area (Å²) in [6.07, 6.45) is 4.81. The molecule has 1 fully saturated rings. The highest BCUT2D eigenvalue weighted by atomic mass is 19.2. The second kappa shape index (κ2) is 11.6. The Bertz CT molecular complexity index is 1270. The quantitative estimate of drug-likeness (QED) is 0.430. The molecule has 37 heavy (non-hydrogen) atoms. The number of hydrogen-bond donors (Lipinski definition) is 3. The first-order chi connectivity index (χ1) is 17.7. The van der Waals surface area contributed by atoms with Crippen LogP contribution in [0.4, 0.5) is 14.6 Å². The maximum Gasteiger partial charge on any atom is 0.243 e. The molecule has 196 valence electrons. The normalized spacial score (nSPS) is 18.9. The lowest BCUT2D eigenvalue weighted by Gasteiger charge is -2.38. The van der Waals surface area contributed by atoms with E-state index in [4.69, 9.17) is 5.73 Å². The summed E-state index contributed by atoms with van der Waals surface area (Å²) in [5.74, 6) is -2.22. The van der Waals surface area contributed by atoms with E-state index >= 15 is 0 Å². The minimum Gasteiger partial charge on any atom is -0.383 e. The topological polar surface area (TPSA) is 100 Å². The minimum atomic E-state index is -0.996. The van der Waals surface area contributed by atoms with Gasteiger partial charge in [-0.3, -0.25) is 14.5 Å². The number of pyridine rings is 1. The molecule has 3 atom stereocenters. The molecular formula is C28H33F2N5O2. The van der Waals surface area contributed by atoms with E-state index in [-0.39, 0.29) is 37.5 Å². The van der Waals surface area contributed by atoms with Gasteiger partial charge >= 0.3 is 0 Å². The number of aromatic nitrogens is 1. The first kappa shape index (κ1) is 26.5. The molecule has 2 amide bonds. The lowest BCUT2D eigenvalue weighted by molar-refractivity contribution is -0.130. The molecule has 1 unspecified atom stereocenters. The molecule has 4 rings (SSSR count). The third-order valence-electron chi connectivity index (χ3n) is 7.10. The van der Waals surface area contributed by atoms with Gasteiger partial charge in [-0.05, 0) is 67.5 Å². The van der Waals surface area contributed by atoms with E-state index in [0.717, 1.165) is 47.7 Å². The van der Waals surface area contributed by atoms with E-state index in [0.29, 0.717) is 11.4 Å². The molecule has 0 bridgehead atoms. The molecule has 3 aromatic rings. The summed E-state index contributed by atoms with van der Waals surface area (Å²) in [5, 5.41) is 7.42. The van der Waals surface area contributed by atoms with Crippen molar-refractivity contribution in [3.05, 3.63) is 71.4 Å². The summed E-state index contributed by atoms with van der Waals surface area (Å²) in [7, 11) is 0. The Morgan fingerprint density at radius 3 is 2.51 bits per heavy atom. The van der Waals surface area contributed by atoms with Crippen LogP contribution in [0, 0.1) is 11.6 Å². The van der Waals surface area contributed by atoms with Crippen LogP contribution >= 0.6 is 0 Å². The Kier molecular flexibility index (Phi) is 8.33. The third kappa shape index (κ3) is 6.60. The number of nitrogen functional groups attached to an aromatic ring is 1. The minimum absolute atomic E-state index is 0.0276. The molecule has 0 radical (unpaired) electrons. The maximum absolute atomic E-state index is 13.8. The van der Waals surface area contributed by atoms with Crippen molar-refractivity contribution < 1.29 is 18.4 Å². The standard InChI is InChI=1S/C28H33F2N5O2/c1-17-4-3-5-18(2)35(17)16-26(36)34-25(14-19-7-9-23(29)24(30)13-19)28(37)33-15-20-6-8-22-21(12-20)10-11-32-27(22)31/h6-13,17-18,25H,3-5,14-16H2,1-2H3,(H2,31,32)(H,33,37)(H,34,36)/t17-,18+,25?. The van der Waals surface area contributed by atoms with Crippen molar-refractivity contribution in [3.8, 4) is 0 Å². The SMILES string of the molecule is C[C@@H]1CCC[C@H](C)N1CC(=O)NC(Cc1ccc(F)c(F)c1)C(=O)NCc1ccc2c(N)nccc2c1. The van der Waals surface area contributed by atoms with Gasteiger partial charge in [-0.25, -0.2) is 13.8 Å². The fraction of sp³-hybridized carbons (Fsp3) is 0.393. The van der Waals surface area contributed by atoms with Crippen LogP contribution in [0.5, 0.6) is 0 Å². The Labute approximate surface area is 215 Å². The van der Waals surface area contributed by atoms with Gasteiger partial charge in [-0.2, -0.15) is 0 Å². The van der Waals surface area contributed by atoms with Crippen molar-refractivity contribution in [2.75, 3.05) is 12.3 Å². The van der Waals surface area contributed by atoms with E-state index in [2.05, 4.69) is 34.4 Å². The van der Waals surface area contributed by atoms with Crippen LogP contribution in [-0.2, 0) is 22.6 Å². The predicted octanol–water partition coefficient (Wildman–Crippen LogP) is 3.70. The van der Waals surface area contributed by atoms with Crippen molar-refractivity contribution >= 4 is 28.4 Å². The molecular weight excluding hydrogens is 476 g/mol. The number of nitrogens with two attached hydrogens (primary N) is 1. The maximum atomic E-state index is 13.8. The Balaban J connectivity index is 1.47. The summed E-state index contributed by atoms with van der Waals surface area (Å²) in [5.41, 5.74) is 7.17. The number of nitrogens with one attached hydrogen (secondary N) is 2. The highest BCUT2D eigenvalue weighted by Crippen LogP contribution is 2.22. The molecule has 2 aromatic carbocycles. The van der Waals surface area contributed by atoms with Gasteiger partial charge in [-0.1, -0.05) is 24.6 Å². The van der Waals surface area contributed by atoms with Crippen LogP contribution in [0.15, 0.2) is 48.7 Å². The van der Waals surface area contributed by atoms with E-state index in [1.807, 2.05) is 24.3 Å². The van der Waals surface area contributed by atoms with Gasteiger partial charge in [0, 0.05) is 36.6 Å². The lowest BCUT2D eigenvalue weighted by Crippen LogP contribution is -2.53. The molecule has 0 spiro atoms. The smallest absolute Gasteiger partial charge is 0.243 e. The van der Waals surface area contributed by atoms with Crippen LogP contribution in [0.2, 0.25) is 0 Å². The highest BCUT2D eigenvalue weighted by Gasteiger charge is 2.28. The number of carbonyl (C=O) groups excluding carboxylic acids is 2. The molecule has 0 aliphatic carbocycles. The van der Waals surface area contributed by atoms with E-state index in [1.54, 1.807) is 6.20 Å². The van der Waals surface area contributed by atoms with Gasteiger partial charge in [0.25, 0.3) is 0 Å². The van der Waals surface area contributed by atoms with Crippen molar-refractivity contribution in [1.29, 1.82) is 0 Å². The summed E-state index contributed by atoms with van der Waals surface area (Å²) in [6, 6.07) is 10.5. The fourth-order valence-electron chi connectivity index (χ4n) is 4.98. The first-order valence-electron chi connectivity index (χ1n) is 12.6. The molecule has 1 saturated heterocycles. The highest BCUT2D eigenvalue weighted by molar-refractivity contribution is 5.91. The first-order valence-corrected chi connectivity index (χ1v) is 12.6. The van der Waals surface area contributed by atoms with Gasteiger partial charge in [0.15, 0.2) is 11.6 Å². The van der Waals surface area contributed by atoms with Crippen LogP contribution < -0.4 is 16.4 Å². The number of nitrogens with zero attached hydrogens (tertiary/aromatic N) is 2. The predicted molar refractivity (Wildman–Crippen MR) is 139 cm³/mol. The van der Waals surface area contributed by atoms with Crippen molar-refractivity contribution in [2.24, 2.45) is 0 Å². The van der Waals surface area contributed by atoms with Crippen LogP contribution in [0.25, 0.3) is 10.8 Å². The van der Waals surface area contributed by atoms with Gasteiger partial charge in [0.05, 0.1) is 6.54 Å². The summed E-state index contributed by atoms with van der Waals surface area (Å²) < 4.78 is 27.3. The molecule has 0 saturated carbocycles. The lowest BCUT2D eigenvalue weighted by atomic mass is 9.97. The van der Waals surface area contributed by atoms with Crippen molar-refractivity contribution in [2.45, 2.75) is 64.2 Å². The number of carbonyl (C=O) groups is 2. The Morgan fingerprint density at radius 2 is 1.78 bits per heavy atom. The van der Waals surface area contributed by atoms with Crippen molar-refractivity contribution in [1.82, 2.24) is 20.5 Å². The van der Waals surface area contributed by atoms with E-state index in [1.165, 1.54) is 6.07 Å². The number of halogens is 2. The largest absolute Gasteiger partial charge is 0.383 e. The number of hydrogen-bond acceptors (Lipinski definition) is 5. The molecule has 7 nitrogen and oxygen atoms in total. The van der Waals surface area contributed by atoms with Gasteiger partial charge in [0.2, 0.25) is 11.8 Å². The second-order valence-electron chi connectivity index (χ2n) is 9.84. The van der Waals surface area contributed by atoms with Crippen LogP contribution in [0.1, 0.15) is 44.2 Å². The average molecular weight is 510 g/mol.